The van der Waals surface area contributed by atoms with Crippen molar-refractivity contribution in [2.24, 2.45) is 0 Å². The molecule has 2 aromatic carbocycles. The summed E-state index contributed by atoms with van der Waals surface area (Å²) in [7, 11) is 0. The van der Waals surface area contributed by atoms with Crippen molar-refractivity contribution in [3.8, 4) is 11.5 Å². The minimum atomic E-state index is -0.704. The third-order valence-electron chi connectivity index (χ3n) is 6.15. The molecule has 34 heavy (non-hydrogen) atoms. The van der Waals surface area contributed by atoms with Crippen molar-refractivity contribution in [1.29, 1.82) is 0 Å². The number of benzene rings is 2. The van der Waals surface area contributed by atoms with Gasteiger partial charge in [-0.15, -0.1) is 0 Å². The first kappa shape index (κ1) is 20.6. The van der Waals surface area contributed by atoms with Crippen LogP contribution in [0.3, 0.4) is 0 Å². The lowest BCUT2D eigenvalue weighted by Gasteiger charge is -2.35. The van der Waals surface area contributed by atoms with E-state index in [1.54, 1.807) is 23.1 Å². The molecule has 0 radical (unpaired) electrons. The molecule has 6 rings (SSSR count). The molecule has 0 aliphatic carbocycles. The van der Waals surface area contributed by atoms with Crippen molar-refractivity contribution < 1.29 is 18.6 Å². The van der Waals surface area contributed by atoms with Crippen molar-refractivity contribution >= 4 is 34.4 Å². The van der Waals surface area contributed by atoms with Crippen molar-refractivity contribution in [3.63, 3.8) is 0 Å². The molecule has 12 heteroatoms. The SMILES string of the molecule is O=C(Nc1cc(Cl)c(Oc2ccc3nonc3c2)cc1F)N1C2CC[C@@H]1c1n[nH]c(=O)cc1C2. The molecule has 2 N–H and O–H groups in total. The van der Waals surface area contributed by atoms with E-state index >= 15 is 0 Å². The number of H-pyrrole nitrogens is 1. The summed E-state index contributed by atoms with van der Waals surface area (Å²) in [6, 6.07) is 7.95. The third-order valence-corrected chi connectivity index (χ3v) is 6.44. The maximum absolute atomic E-state index is 14.9. The summed E-state index contributed by atoms with van der Waals surface area (Å²) in [5.74, 6) is -0.257. The highest BCUT2D eigenvalue weighted by atomic mass is 35.5. The molecule has 1 unspecified atom stereocenters. The van der Waals surface area contributed by atoms with Crippen LogP contribution in [0.25, 0.3) is 11.0 Å². The fraction of sp³-hybridized carbons (Fsp3) is 0.227. The highest BCUT2D eigenvalue weighted by Gasteiger charge is 2.44. The summed E-state index contributed by atoms with van der Waals surface area (Å²) in [4.78, 5) is 26.4. The number of nitrogens with one attached hydrogen (secondary N) is 2. The number of carbonyl (C=O) groups excluding carboxylic acids is 1. The van der Waals surface area contributed by atoms with Crippen LogP contribution in [-0.4, -0.2) is 37.5 Å². The van der Waals surface area contributed by atoms with Crippen LogP contribution in [0.5, 0.6) is 11.5 Å². The van der Waals surface area contributed by atoms with E-state index in [0.717, 1.165) is 18.1 Å². The quantitative estimate of drug-likeness (QED) is 0.448. The van der Waals surface area contributed by atoms with Crippen LogP contribution in [0, 0.1) is 5.82 Å². The van der Waals surface area contributed by atoms with E-state index in [1.807, 2.05) is 0 Å². The molecule has 2 bridgehead atoms. The highest BCUT2D eigenvalue weighted by Crippen LogP contribution is 2.43. The van der Waals surface area contributed by atoms with Crippen LogP contribution in [0.1, 0.15) is 30.1 Å². The molecule has 2 amide bonds. The number of carbonyl (C=O) groups is 1. The summed E-state index contributed by atoms with van der Waals surface area (Å²) >= 11 is 6.32. The van der Waals surface area contributed by atoms with Crippen LogP contribution in [0.15, 0.2) is 45.8 Å². The Balaban J connectivity index is 1.22. The summed E-state index contributed by atoms with van der Waals surface area (Å²) < 4.78 is 25.2. The average molecular weight is 483 g/mol. The van der Waals surface area contributed by atoms with E-state index in [4.69, 9.17) is 16.3 Å². The van der Waals surface area contributed by atoms with E-state index in [2.05, 4.69) is 30.5 Å². The Morgan fingerprint density at radius 1 is 1.21 bits per heavy atom. The molecule has 1 saturated heterocycles. The first-order valence-corrected chi connectivity index (χ1v) is 10.9. The van der Waals surface area contributed by atoms with Crippen LogP contribution < -0.4 is 15.6 Å². The number of ether oxygens (including phenoxy) is 1. The molecular formula is C22H16ClFN6O4. The number of halogens is 2. The Morgan fingerprint density at radius 3 is 2.94 bits per heavy atom. The Kier molecular flexibility index (Phi) is 4.73. The minimum Gasteiger partial charge on any atom is -0.456 e. The van der Waals surface area contributed by atoms with Gasteiger partial charge in [0.15, 0.2) is 5.82 Å². The number of anilines is 1. The molecule has 0 saturated carbocycles. The lowest BCUT2D eigenvalue weighted by molar-refractivity contribution is 0.177. The molecule has 2 aliphatic heterocycles. The zero-order chi connectivity index (χ0) is 23.4. The van der Waals surface area contributed by atoms with Crippen molar-refractivity contribution in [1.82, 2.24) is 25.4 Å². The average Bonchev–Trinajstić information content (AvgIpc) is 3.40. The predicted octanol–water partition coefficient (Wildman–Crippen LogP) is 4.18. The minimum absolute atomic E-state index is 0.0712. The molecule has 2 atom stereocenters. The van der Waals surface area contributed by atoms with Gasteiger partial charge in [-0.3, -0.25) is 4.79 Å². The topological polar surface area (TPSA) is 126 Å². The summed E-state index contributed by atoms with van der Waals surface area (Å²) in [6.45, 7) is 0. The molecule has 2 aliphatic rings. The normalized spacial score (nSPS) is 18.7. The number of hydrogen-bond donors (Lipinski definition) is 2. The molecular weight excluding hydrogens is 467 g/mol. The number of nitrogens with zero attached hydrogens (tertiary/aromatic N) is 4. The van der Waals surface area contributed by atoms with Gasteiger partial charge in [0.05, 0.1) is 22.4 Å². The van der Waals surface area contributed by atoms with Gasteiger partial charge in [0, 0.05) is 24.2 Å². The van der Waals surface area contributed by atoms with E-state index in [1.165, 1.54) is 12.1 Å². The lowest BCUT2D eigenvalue weighted by atomic mass is 9.99. The lowest BCUT2D eigenvalue weighted by Crippen LogP contribution is -2.45. The number of aromatic amines is 1. The zero-order valence-corrected chi connectivity index (χ0v) is 18.2. The van der Waals surface area contributed by atoms with Crippen molar-refractivity contribution in [2.75, 3.05) is 5.32 Å². The maximum atomic E-state index is 14.9. The van der Waals surface area contributed by atoms with Crippen molar-refractivity contribution in [2.45, 2.75) is 31.3 Å². The van der Waals surface area contributed by atoms with Gasteiger partial charge >= 0.3 is 6.03 Å². The Hall–Kier alpha value is -3.99. The Labute approximate surface area is 195 Å². The van der Waals surface area contributed by atoms with E-state index in [-0.39, 0.29) is 34.1 Å². The second-order valence-electron chi connectivity index (χ2n) is 8.21. The van der Waals surface area contributed by atoms with Crippen LogP contribution in [0.2, 0.25) is 5.02 Å². The van der Waals surface area contributed by atoms with Gasteiger partial charge in [0.25, 0.3) is 5.56 Å². The van der Waals surface area contributed by atoms with E-state index in [9.17, 15) is 14.0 Å². The molecule has 4 aromatic rings. The van der Waals surface area contributed by atoms with Crippen LogP contribution in [-0.2, 0) is 6.42 Å². The number of fused-ring (bicyclic) bond motifs is 5. The fourth-order valence-corrected chi connectivity index (χ4v) is 4.85. The number of aromatic nitrogens is 4. The first-order valence-electron chi connectivity index (χ1n) is 10.5. The van der Waals surface area contributed by atoms with Crippen molar-refractivity contribution in [3.05, 3.63) is 68.8 Å². The number of amides is 2. The predicted molar refractivity (Wildman–Crippen MR) is 118 cm³/mol. The van der Waals surface area contributed by atoms with Crippen LogP contribution in [0.4, 0.5) is 14.9 Å². The Bertz CT molecular complexity index is 1500. The number of rotatable bonds is 3. The van der Waals surface area contributed by atoms with E-state index in [0.29, 0.717) is 35.3 Å². The van der Waals surface area contributed by atoms with Gasteiger partial charge in [0.2, 0.25) is 0 Å². The van der Waals surface area contributed by atoms with Crippen LogP contribution >= 0.6 is 11.6 Å². The monoisotopic (exact) mass is 482 g/mol. The number of hydrogen-bond acceptors (Lipinski definition) is 7. The summed E-state index contributed by atoms with van der Waals surface area (Å²) in [5, 5.41) is 16.8. The zero-order valence-electron chi connectivity index (χ0n) is 17.4. The molecule has 0 spiro atoms. The standard InChI is InChI=1S/C22H16ClFN6O4/c23-13-8-16(14(24)9-19(13)33-12-2-3-15-17(7-12)29-34-28-15)25-22(32)30-11-1-4-18(30)21-10(5-11)6-20(31)26-27-21/h2-3,6-9,11,18H,1,4-5H2,(H,25,32)(H,26,31)/t11?,18-/m1/s1. The largest absolute Gasteiger partial charge is 0.456 e. The van der Waals surface area contributed by atoms with Gasteiger partial charge in [-0.1, -0.05) is 11.6 Å². The van der Waals surface area contributed by atoms with Gasteiger partial charge in [0.1, 0.15) is 22.5 Å². The summed E-state index contributed by atoms with van der Waals surface area (Å²) in [6.07, 6.45) is 2.01. The highest BCUT2D eigenvalue weighted by molar-refractivity contribution is 6.32. The van der Waals surface area contributed by atoms with Gasteiger partial charge in [-0.05, 0) is 53.3 Å². The third kappa shape index (κ3) is 3.45. The van der Waals surface area contributed by atoms with Gasteiger partial charge < -0.3 is 15.0 Å². The fourth-order valence-electron chi connectivity index (χ4n) is 4.65. The Morgan fingerprint density at radius 2 is 2.06 bits per heavy atom. The molecule has 1 fully saturated rings. The molecule has 4 heterocycles. The smallest absolute Gasteiger partial charge is 0.322 e. The second kappa shape index (κ2) is 7.80. The second-order valence-corrected chi connectivity index (χ2v) is 8.62. The molecule has 2 aromatic heterocycles. The molecule has 10 nitrogen and oxygen atoms in total. The van der Waals surface area contributed by atoms with E-state index < -0.39 is 11.8 Å². The number of urea groups is 1. The summed E-state index contributed by atoms with van der Waals surface area (Å²) in [5.41, 5.74) is 2.21. The molecule has 172 valence electrons. The maximum Gasteiger partial charge on any atom is 0.322 e. The first-order chi connectivity index (χ1) is 16.5. The van der Waals surface area contributed by atoms with Gasteiger partial charge in [-0.2, -0.15) is 5.10 Å². The van der Waals surface area contributed by atoms with Gasteiger partial charge in [-0.25, -0.2) is 18.9 Å².